The van der Waals surface area contributed by atoms with E-state index in [0.717, 1.165) is 36.3 Å². The van der Waals surface area contributed by atoms with Gasteiger partial charge in [0.1, 0.15) is 5.75 Å². The van der Waals surface area contributed by atoms with Crippen molar-refractivity contribution in [2.24, 2.45) is 5.92 Å². The summed E-state index contributed by atoms with van der Waals surface area (Å²) in [6.45, 7) is 1.76. The van der Waals surface area contributed by atoms with Gasteiger partial charge in [0.25, 0.3) is 0 Å². The maximum Gasteiger partial charge on any atom is 0.141 e. The van der Waals surface area contributed by atoms with E-state index in [2.05, 4.69) is 11.4 Å². The third kappa shape index (κ3) is 3.13. The topological polar surface area (TPSA) is 21.3 Å². The molecule has 1 N–H and O–H groups in total. The van der Waals surface area contributed by atoms with E-state index in [0.29, 0.717) is 0 Å². The highest BCUT2D eigenvalue weighted by Gasteiger charge is 2.22. The number of benzene rings is 1. The molecule has 0 aromatic heterocycles. The Balaban J connectivity index is 2.04. The zero-order valence-corrected chi connectivity index (χ0v) is 10.4. The molecule has 0 amide bonds. The zero-order chi connectivity index (χ0) is 11.4. The lowest BCUT2D eigenvalue weighted by Crippen LogP contribution is -2.11. The number of likely N-dealkylation sites (N-methyl/N-ethyl adjacent to an activating group) is 1. The first-order valence-electron chi connectivity index (χ1n) is 5.86. The van der Waals surface area contributed by atoms with E-state index in [1.807, 2.05) is 19.2 Å². The standard InChI is InChI=1S/C13H18ClNO/c1-15-8-7-11-3-2-4-12(14)13(11)16-9-10-5-6-10/h2-4,10,15H,5-9H2,1H3. The van der Waals surface area contributed by atoms with Crippen LogP contribution in [0.2, 0.25) is 5.02 Å². The van der Waals surface area contributed by atoms with Crippen molar-refractivity contribution >= 4 is 11.6 Å². The number of nitrogens with one attached hydrogen (secondary N) is 1. The predicted octanol–water partition coefficient (Wildman–Crippen LogP) is 2.89. The number of rotatable bonds is 6. The van der Waals surface area contributed by atoms with Crippen LogP contribution in [0.15, 0.2) is 18.2 Å². The normalized spacial score (nSPS) is 15.1. The maximum atomic E-state index is 6.17. The minimum absolute atomic E-state index is 0.731. The predicted molar refractivity (Wildman–Crippen MR) is 67.3 cm³/mol. The first kappa shape index (κ1) is 11.7. The van der Waals surface area contributed by atoms with Gasteiger partial charge in [-0.2, -0.15) is 0 Å². The summed E-state index contributed by atoms with van der Waals surface area (Å²) in [4.78, 5) is 0. The molecule has 1 aromatic carbocycles. The molecular formula is C13H18ClNO. The van der Waals surface area contributed by atoms with Crippen molar-refractivity contribution in [1.82, 2.24) is 5.32 Å². The Hall–Kier alpha value is -0.730. The quantitative estimate of drug-likeness (QED) is 0.824. The van der Waals surface area contributed by atoms with Crippen molar-refractivity contribution in [2.45, 2.75) is 19.3 Å². The van der Waals surface area contributed by atoms with Gasteiger partial charge >= 0.3 is 0 Å². The van der Waals surface area contributed by atoms with Gasteiger partial charge in [0.2, 0.25) is 0 Å². The van der Waals surface area contributed by atoms with Crippen molar-refractivity contribution < 1.29 is 4.74 Å². The molecular weight excluding hydrogens is 222 g/mol. The lowest BCUT2D eigenvalue weighted by Gasteiger charge is -2.12. The SMILES string of the molecule is CNCCc1cccc(Cl)c1OCC1CC1. The summed E-state index contributed by atoms with van der Waals surface area (Å²) in [5.74, 6) is 1.64. The maximum absolute atomic E-state index is 6.17. The largest absolute Gasteiger partial charge is 0.491 e. The van der Waals surface area contributed by atoms with Crippen LogP contribution in [-0.2, 0) is 6.42 Å². The number of halogens is 1. The molecule has 3 heteroatoms. The zero-order valence-electron chi connectivity index (χ0n) is 9.63. The average Bonchev–Trinajstić information content (AvgIpc) is 3.09. The monoisotopic (exact) mass is 239 g/mol. The Morgan fingerprint density at radius 3 is 2.94 bits per heavy atom. The van der Waals surface area contributed by atoms with E-state index in [1.54, 1.807) is 0 Å². The van der Waals surface area contributed by atoms with Crippen LogP contribution in [0.5, 0.6) is 5.75 Å². The second kappa shape index (κ2) is 5.55. The first-order chi connectivity index (χ1) is 7.81. The molecule has 88 valence electrons. The molecule has 1 fully saturated rings. The summed E-state index contributed by atoms with van der Waals surface area (Å²) in [7, 11) is 1.95. The third-order valence-corrected chi connectivity index (χ3v) is 3.15. The van der Waals surface area contributed by atoms with Crippen LogP contribution < -0.4 is 10.1 Å². The van der Waals surface area contributed by atoms with Crippen molar-refractivity contribution in [1.29, 1.82) is 0 Å². The first-order valence-corrected chi connectivity index (χ1v) is 6.24. The van der Waals surface area contributed by atoms with Gasteiger partial charge < -0.3 is 10.1 Å². The molecule has 1 saturated carbocycles. The van der Waals surface area contributed by atoms with Gasteiger partial charge in [0.15, 0.2) is 0 Å². The van der Waals surface area contributed by atoms with Crippen LogP contribution in [0.4, 0.5) is 0 Å². The molecule has 1 aromatic rings. The molecule has 0 heterocycles. The summed E-state index contributed by atoms with van der Waals surface area (Å²) in [5.41, 5.74) is 1.20. The molecule has 1 aliphatic carbocycles. The van der Waals surface area contributed by atoms with Gasteiger partial charge in [-0.25, -0.2) is 0 Å². The Labute approximate surface area is 102 Å². The second-order valence-electron chi connectivity index (χ2n) is 4.34. The Morgan fingerprint density at radius 2 is 2.25 bits per heavy atom. The summed E-state index contributed by atoms with van der Waals surface area (Å²) in [6.07, 6.45) is 3.56. The Kier molecular flexibility index (Phi) is 4.08. The molecule has 0 atom stereocenters. The Bertz CT molecular complexity index is 350. The van der Waals surface area contributed by atoms with Crippen molar-refractivity contribution in [3.05, 3.63) is 28.8 Å². The van der Waals surface area contributed by atoms with Gasteiger partial charge in [-0.3, -0.25) is 0 Å². The number of ether oxygens (including phenoxy) is 1. The molecule has 0 aliphatic heterocycles. The minimum atomic E-state index is 0.731. The fourth-order valence-corrected chi connectivity index (χ4v) is 1.91. The van der Waals surface area contributed by atoms with Gasteiger partial charge in [-0.05, 0) is 50.4 Å². The van der Waals surface area contributed by atoms with Gasteiger partial charge in [0.05, 0.1) is 11.6 Å². The fourth-order valence-electron chi connectivity index (χ4n) is 1.66. The highest BCUT2D eigenvalue weighted by Crippen LogP contribution is 2.33. The van der Waals surface area contributed by atoms with Crippen LogP contribution in [0.3, 0.4) is 0 Å². The summed E-state index contributed by atoms with van der Waals surface area (Å²) < 4.78 is 5.83. The minimum Gasteiger partial charge on any atom is -0.491 e. The van der Waals surface area contributed by atoms with Crippen LogP contribution in [0.25, 0.3) is 0 Å². The molecule has 1 aliphatic rings. The molecule has 0 radical (unpaired) electrons. The van der Waals surface area contributed by atoms with Crippen LogP contribution in [-0.4, -0.2) is 20.2 Å². The number of hydrogen-bond donors (Lipinski definition) is 1. The fraction of sp³-hybridized carbons (Fsp3) is 0.538. The molecule has 0 bridgehead atoms. The molecule has 2 rings (SSSR count). The molecule has 0 spiro atoms. The third-order valence-electron chi connectivity index (χ3n) is 2.85. The summed E-state index contributed by atoms with van der Waals surface area (Å²) in [6, 6.07) is 5.97. The lowest BCUT2D eigenvalue weighted by molar-refractivity contribution is 0.297. The van der Waals surface area contributed by atoms with E-state index in [4.69, 9.17) is 16.3 Å². The van der Waals surface area contributed by atoms with E-state index >= 15 is 0 Å². The van der Waals surface area contributed by atoms with E-state index in [-0.39, 0.29) is 0 Å². The van der Waals surface area contributed by atoms with Gasteiger partial charge in [-0.1, -0.05) is 23.7 Å². The van der Waals surface area contributed by atoms with Crippen LogP contribution >= 0.6 is 11.6 Å². The molecule has 2 nitrogen and oxygen atoms in total. The number of hydrogen-bond acceptors (Lipinski definition) is 2. The summed E-state index contributed by atoms with van der Waals surface area (Å²) in [5, 5.41) is 3.87. The van der Waals surface area contributed by atoms with E-state index < -0.39 is 0 Å². The highest BCUT2D eigenvalue weighted by atomic mass is 35.5. The van der Waals surface area contributed by atoms with Crippen molar-refractivity contribution in [2.75, 3.05) is 20.2 Å². The van der Waals surface area contributed by atoms with E-state index in [9.17, 15) is 0 Å². The van der Waals surface area contributed by atoms with Crippen LogP contribution in [0, 0.1) is 5.92 Å². The van der Waals surface area contributed by atoms with Crippen molar-refractivity contribution in [3.8, 4) is 5.75 Å². The second-order valence-corrected chi connectivity index (χ2v) is 4.74. The van der Waals surface area contributed by atoms with Gasteiger partial charge in [-0.15, -0.1) is 0 Å². The highest BCUT2D eigenvalue weighted by molar-refractivity contribution is 6.32. The number of para-hydroxylation sites is 1. The average molecular weight is 240 g/mol. The molecule has 16 heavy (non-hydrogen) atoms. The van der Waals surface area contributed by atoms with Crippen molar-refractivity contribution in [3.63, 3.8) is 0 Å². The lowest BCUT2D eigenvalue weighted by atomic mass is 10.1. The molecule has 0 unspecified atom stereocenters. The Morgan fingerprint density at radius 1 is 1.44 bits per heavy atom. The molecule has 0 saturated heterocycles. The van der Waals surface area contributed by atoms with Gasteiger partial charge in [0, 0.05) is 0 Å². The smallest absolute Gasteiger partial charge is 0.141 e. The van der Waals surface area contributed by atoms with E-state index in [1.165, 1.54) is 18.4 Å². The summed E-state index contributed by atoms with van der Waals surface area (Å²) >= 11 is 6.17. The van der Waals surface area contributed by atoms with Crippen LogP contribution in [0.1, 0.15) is 18.4 Å².